The van der Waals surface area contributed by atoms with Gasteiger partial charge >= 0.3 is 7.12 Å². The molecule has 368 valence electrons. The van der Waals surface area contributed by atoms with E-state index in [0.717, 1.165) is 81.0 Å². The zero-order valence-electron chi connectivity index (χ0n) is 42.1. The molecule has 0 amide bonds. The number of rotatable bonds is 4. The number of benzene rings is 14. The number of fused-ring (bicyclic) bond motifs is 14. The van der Waals surface area contributed by atoms with Gasteiger partial charge in [-0.15, -0.1) is 0 Å². The highest BCUT2D eigenvalue weighted by Gasteiger charge is 2.23. The lowest BCUT2D eigenvalue weighted by Crippen LogP contribution is -2.31. The van der Waals surface area contributed by atoms with Crippen LogP contribution in [0.4, 0.5) is 0 Å². The summed E-state index contributed by atoms with van der Waals surface area (Å²) < 4.78 is 13.5. The van der Waals surface area contributed by atoms with Crippen molar-refractivity contribution in [2.45, 2.75) is 0 Å². The Kier molecular flexibility index (Phi) is 11.9. The Morgan fingerprint density at radius 3 is 1.05 bits per heavy atom. The molecule has 0 aliphatic heterocycles. The second kappa shape index (κ2) is 19.7. The van der Waals surface area contributed by atoms with E-state index in [9.17, 15) is 10.0 Å². The van der Waals surface area contributed by atoms with Crippen LogP contribution in [0.2, 0.25) is 0 Å². The molecule has 2 N–H and O–H groups in total. The SMILES string of the molecule is Brc1ccc2oc3c4ccccc4ccc3c2c1.OB(O)c1c2ccccc2c(-c2ccccc2)c2ccccc12.c1ccc(-c2c3ccccc3c(-c3ccc4oc5c6ccccc6ccc5c4c3)c3ccccc23)cc1. The van der Waals surface area contributed by atoms with E-state index in [-0.39, 0.29) is 0 Å². The van der Waals surface area contributed by atoms with Crippen LogP contribution < -0.4 is 5.46 Å². The van der Waals surface area contributed by atoms with Crippen molar-refractivity contribution >= 4 is 137 Å². The van der Waals surface area contributed by atoms with Crippen LogP contribution in [0.1, 0.15) is 0 Å². The predicted octanol–water partition coefficient (Wildman–Crippen LogP) is 19.2. The zero-order chi connectivity index (χ0) is 52.3. The molecular weight excluding hydrogens is 1020 g/mol. The molecule has 0 spiro atoms. The van der Waals surface area contributed by atoms with Gasteiger partial charge in [-0.05, 0) is 135 Å². The Bertz CT molecular complexity index is 4850. The van der Waals surface area contributed by atoms with Crippen molar-refractivity contribution in [2.24, 2.45) is 0 Å². The summed E-state index contributed by atoms with van der Waals surface area (Å²) in [7, 11) is -1.50. The molecule has 0 bridgehead atoms. The van der Waals surface area contributed by atoms with E-state index in [1.165, 1.54) is 65.3 Å². The van der Waals surface area contributed by atoms with E-state index in [0.29, 0.717) is 5.46 Å². The third-order valence-corrected chi connectivity index (χ3v) is 15.8. The van der Waals surface area contributed by atoms with Gasteiger partial charge in [-0.2, -0.15) is 0 Å². The Hall–Kier alpha value is -9.30. The van der Waals surface area contributed by atoms with Gasteiger partial charge in [0.25, 0.3) is 0 Å². The summed E-state index contributed by atoms with van der Waals surface area (Å²) in [4.78, 5) is 0. The highest BCUT2D eigenvalue weighted by molar-refractivity contribution is 9.10. The molecule has 16 aromatic rings. The molecule has 0 fully saturated rings. The van der Waals surface area contributed by atoms with Crippen LogP contribution >= 0.6 is 15.9 Å². The van der Waals surface area contributed by atoms with Crippen molar-refractivity contribution in [3.8, 4) is 33.4 Å². The summed E-state index contributed by atoms with van der Waals surface area (Å²) in [5.74, 6) is 0. The van der Waals surface area contributed by atoms with Gasteiger partial charge in [0.1, 0.15) is 22.3 Å². The van der Waals surface area contributed by atoms with Crippen molar-refractivity contribution < 1.29 is 18.9 Å². The van der Waals surface area contributed by atoms with Crippen LogP contribution in [0.25, 0.3) is 142 Å². The highest BCUT2D eigenvalue weighted by atomic mass is 79.9. The Balaban J connectivity index is 0.000000115. The summed E-state index contributed by atoms with van der Waals surface area (Å²) in [6.07, 6.45) is 0. The lowest BCUT2D eigenvalue weighted by molar-refractivity contribution is 0.426. The molecule has 6 heteroatoms. The lowest BCUT2D eigenvalue weighted by atomic mass is 9.72. The lowest BCUT2D eigenvalue weighted by Gasteiger charge is -2.17. The second-order valence-electron chi connectivity index (χ2n) is 19.7. The van der Waals surface area contributed by atoms with E-state index in [4.69, 9.17) is 8.83 Å². The summed E-state index contributed by atoms with van der Waals surface area (Å²) >= 11 is 3.51. The van der Waals surface area contributed by atoms with Crippen molar-refractivity contribution in [3.05, 3.63) is 271 Å². The molecule has 0 aliphatic carbocycles. The smallest absolute Gasteiger partial charge is 0.455 e. The summed E-state index contributed by atoms with van der Waals surface area (Å²) in [6, 6.07) is 92.5. The van der Waals surface area contributed by atoms with Crippen molar-refractivity contribution in [3.63, 3.8) is 0 Å². The zero-order valence-corrected chi connectivity index (χ0v) is 43.7. The van der Waals surface area contributed by atoms with Gasteiger partial charge in [-0.1, -0.05) is 240 Å². The topological polar surface area (TPSA) is 66.7 Å². The summed E-state index contributed by atoms with van der Waals surface area (Å²) in [5, 5.41) is 38.1. The molecule has 0 unspecified atom stereocenters. The van der Waals surface area contributed by atoms with Gasteiger partial charge in [0, 0.05) is 36.8 Å². The van der Waals surface area contributed by atoms with Crippen molar-refractivity contribution in [1.82, 2.24) is 0 Å². The number of hydrogen-bond acceptors (Lipinski definition) is 4. The molecule has 2 aromatic heterocycles. The molecule has 0 radical (unpaired) electrons. The van der Waals surface area contributed by atoms with E-state index < -0.39 is 7.12 Å². The molecule has 16 rings (SSSR count). The van der Waals surface area contributed by atoms with Crippen molar-refractivity contribution in [1.29, 1.82) is 0 Å². The first-order chi connectivity index (χ1) is 38.5. The number of hydrogen-bond donors (Lipinski definition) is 2. The minimum absolute atomic E-state index is 0.566. The third-order valence-electron chi connectivity index (χ3n) is 15.3. The fourth-order valence-electron chi connectivity index (χ4n) is 11.8. The minimum Gasteiger partial charge on any atom is -0.455 e. The number of halogens is 1. The largest absolute Gasteiger partial charge is 0.489 e. The monoisotopic (exact) mass is 1060 g/mol. The molecule has 0 aliphatic rings. The van der Waals surface area contributed by atoms with Crippen LogP contribution in [0.15, 0.2) is 280 Å². The third kappa shape index (κ3) is 8.09. The Labute approximate surface area is 457 Å². The molecule has 14 aromatic carbocycles. The van der Waals surface area contributed by atoms with E-state index in [1.807, 2.05) is 91.0 Å². The standard InChI is InChI=1S/C36H22O.C20H15BO2.C16H9BrO/c1-2-11-24(12-3-1)34-27-14-6-8-16-29(27)35(30-17-9-7-15-28(30)34)25-19-21-33-32(22-25)31-20-18-23-10-4-5-13-26(23)36(31)37-33;22-21(23)20-17-12-6-4-10-15(17)19(14-8-2-1-3-9-14)16-11-5-7-13-18(16)20;17-11-6-8-15-14(9-11)13-7-5-10-3-1-2-4-12(10)16(13)18-15/h1-22H;1-13,22-23H;1-9H. The highest BCUT2D eigenvalue weighted by Crippen LogP contribution is 2.45. The average molecular weight is 1070 g/mol. The van der Waals surface area contributed by atoms with Gasteiger partial charge in [0.05, 0.1) is 0 Å². The number of furan rings is 2. The van der Waals surface area contributed by atoms with Crippen molar-refractivity contribution in [2.75, 3.05) is 0 Å². The molecule has 78 heavy (non-hydrogen) atoms. The van der Waals surface area contributed by atoms with Gasteiger partial charge in [-0.3, -0.25) is 0 Å². The fraction of sp³-hybridized carbons (Fsp3) is 0. The average Bonchev–Trinajstić information content (AvgIpc) is 4.15. The molecule has 0 saturated carbocycles. The first-order valence-electron chi connectivity index (χ1n) is 26.1. The summed E-state index contributed by atoms with van der Waals surface area (Å²) in [5.41, 5.74) is 11.6. The molecular formula is C72H46BBrO4. The fourth-order valence-corrected chi connectivity index (χ4v) is 12.2. The summed E-state index contributed by atoms with van der Waals surface area (Å²) in [6.45, 7) is 0. The van der Waals surface area contributed by atoms with E-state index in [2.05, 4.69) is 192 Å². The van der Waals surface area contributed by atoms with Crippen LogP contribution in [0.3, 0.4) is 0 Å². The van der Waals surface area contributed by atoms with Gasteiger partial charge in [-0.25, -0.2) is 0 Å². The predicted molar refractivity (Wildman–Crippen MR) is 333 cm³/mol. The minimum atomic E-state index is -1.50. The Morgan fingerprint density at radius 2 is 0.615 bits per heavy atom. The second-order valence-corrected chi connectivity index (χ2v) is 20.6. The van der Waals surface area contributed by atoms with Crippen LogP contribution in [-0.2, 0) is 0 Å². The van der Waals surface area contributed by atoms with E-state index >= 15 is 0 Å². The van der Waals surface area contributed by atoms with Gasteiger partial charge in [0.15, 0.2) is 0 Å². The first-order valence-corrected chi connectivity index (χ1v) is 26.9. The Morgan fingerprint density at radius 1 is 0.269 bits per heavy atom. The molecule has 4 nitrogen and oxygen atoms in total. The van der Waals surface area contributed by atoms with Crippen LogP contribution in [0, 0.1) is 0 Å². The molecule has 0 atom stereocenters. The maximum atomic E-state index is 9.94. The normalized spacial score (nSPS) is 11.5. The van der Waals surface area contributed by atoms with Crippen LogP contribution in [-0.4, -0.2) is 17.2 Å². The van der Waals surface area contributed by atoms with Gasteiger partial charge < -0.3 is 18.9 Å². The quantitative estimate of drug-likeness (QED) is 0.136. The molecule has 2 heterocycles. The maximum Gasteiger partial charge on any atom is 0.489 e. The van der Waals surface area contributed by atoms with E-state index in [1.54, 1.807) is 0 Å². The van der Waals surface area contributed by atoms with Gasteiger partial charge in [0.2, 0.25) is 0 Å². The maximum absolute atomic E-state index is 9.94. The first kappa shape index (κ1) is 47.2. The van der Waals surface area contributed by atoms with Crippen LogP contribution in [0.5, 0.6) is 0 Å². The molecule has 0 saturated heterocycles.